The van der Waals surface area contributed by atoms with Crippen molar-refractivity contribution < 1.29 is 4.74 Å². The van der Waals surface area contributed by atoms with Gasteiger partial charge in [-0.05, 0) is 24.2 Å². The van der Waals surface area contributed by atoms with Gasteiger partial charge in [-0.25, -0.2) is 0 Å². The lowest BCUT2D eigenvalue weighted by atomic mass is 9.91. The molecule has 1 heteroatoms. The molecule has 0 aliphatic heterocycles. The van der Waals surface area contributed by atoms with Crippen LogP contribution in [-0.4, -0.2) is 7.11 Å². The fraction of sp³-hybridized carbons (Fsp3) is 0.900. The van der Waals surface area contributed by atoms with Crippen molar-refractivity contribution in [2.45, 2.75) is 91.9 Å². The Labute approximate surface area is 134 Å². The molecular formula is C20H40O. The monoisotopic (exact) mass is 296 g/mol. The zero-order valence-corrected chi connectivity index (χ0v) is 15.4. The Morgan fingerprint density at radius 2 is 1.24 bits per heavy atom. The molecular weight excluding hydrogens is 256 g/mol. The fourth-order valence-corrected chi connectivity index (χ4v) is 2.87. The Hall–Kier alpha value is -0.460. The van der Waals surface area contributed by atoms with E-state index in [1.54, 1.807) is 7.11 Å². The standard InChI is InChI=1S/C20H40O/c1-7-17(2)11-8-12-18(3)13-9-14-19(4)15-10-16-20(5)21-6/h17-19H,5,7-16H2,1-4,6H3. The van der Waals surface area contributed by atoms with Crippen LogP contribution in [0.15, 0.2) is 12.3 Å². The minimum atomic E-state index is 0.849. The molecule has 0 spiro atoms. The second-order valence-electron chi connectivity index (χ2n) is 7.22. The maximum Gasteiger partial charge on any atom is 0.0883 e. The Morgan fingerprint density at radius 1 is 0.810 bits per heavy atom. The third-order valence-electron chi connectivity index (χ3n) is 4.93. The topological polar surface area (TPSA) is 9.23 Å². The highest BCUT2D eigenvalue weighted by Crippen LogP contribution is 2.22. The highest BCUT2D eigenvalue weighted by atomic mass is 16.5. The van der Waals surface area contributed by atoms with E-state index in [-0.39, 0.29) is 0 Å². The van der Waals surface area contributed by atoms with Crippen LogP contribution < -0.4 is 0 Å². The molecule has 0 aliphatic rings. The molecule has 0 aromatic heterocycles. The van der Waals surface area contributed by atoms with Crippen molar-refractivity contribution in [2.24, 2.45) is 17.8 Å². The van der Waals surface area contributed by atoms with Crippen LogP contribution in [0.5, 0.6) is 0 Å². The molecule has 0 fully saturated rings. The molecule has 0 N–H and O–H groups in total. The molecule has 1 nitrogen and oxygen atoms in total. The second kappa shape index (κ2) is 13.2. The zero-order valence-electron chi connectivity index (χ0n) is 15.4. The maximum absolute atomic E-state index is 5.11. The predicted molar refractivity (Wildman–Crippen MR) is 95.5 cm³/mol. The van der Waals surface area contributed by atoms with E-state index in [0.29, 0.717) is 0 Å². The SMILES string of the molecule is C=C(CCCC(C)CCCC(C)CCCC(C)CC)OC. The number of rotatable bonds is 14. The van der Waals surface area contributed by atoms with Crippen LogP contribution in [0, 0.1) is 17.8 Å². The number of ether oxygens (including phenoxy) is 1. The van der Waals surface area contributed by atoms with Crippen LogP contribution >= 0.6 is 0 Å². The lowest BCUT2D eigenvalue weighted by molar-refractivity contribution is 0.273. The van der Waals surface area contributed by atoms with Crippen LogP contribution in [0.4, 0.5) is 0 Å². The quantitative estimate of drug-likeness (QED) is 0.314. The van der Waals surface area contributed by atoms with Gasteiger partial charge in [0.2, 0.25) is 0 Å². The van der Waals surface area contributed by atoms with E-state index in [1.165, 1.54) is 57.8 Å². The first kappa shape index (κ1) is 20.5. The first-order valence-corrected chi connectivity index (χ1v) is 9.21. The fourth-order valence-electron chi connectivity index (χ4n) is 2.87. The molecule has 0 rings (SSSR count). The van der Waals surface area contributed by atoms with Gasteiger partial charge in [0.25, 0.3) is 0 Å². The van der Waals surface area contributed by atoms with Gasteiger partial charge in [0.1, 0.15) is 0 Å². The average Bonchev–Trinajstić information content (AvgIpc) is 2.46. The molecule has 0 saturated heterocycles. The molecule has 3 atom stereocenters. The number of hydrogen-bond acceptors (Lipinski definition) is 1. The Kier molecular flexibility index (Phi) is 12.9. The summed E-state index contributed by atoms with van der Waals surface area (Å²) in [6.07, 6.45) is 13.3. The maximum atomic E-state index is 5.11. The summed E-state index contributed by atoms with van der Waals surface area (Å²) < 4.78 is 5.11. The highest BCUT2D eigenvalue weighted by Gasteiger charge is 2.07. The molecule has 0 heterocycles. The van der Waals surface area contributed by atoms with Gasteiger partial charge in [0, 0.05) is 6.42 Å². The Bertz CT molecular complexity index is 246. The summed E-state index contributed by atoms with van der Waals surface area (Å²) >= 11 is 0. The van der Waals surface area contributed by atoms with Gasteiger partial charge in [-0.3, -0.25) is 0 Å². The summed E-state index contributed by atoms with van der Waals surface area (Å²) in [7, 11) is 1.72. The lowest BCUT2D eigenvalue weighted by Crippen LogP contribution is -2.01. The largest absolute Gasteiger partial charge is 0.502 e. The van der Waals surface area contributed by atoms with Crippen molar-refractivity contribution in [1.82, 2.24) is 0 Å². The van der Waals surface area contributed by atoms with E-state index in [1.807, 2.05) is 0 Å². The Morgan fingerprint density at radius 3 is 1.67 bits per heavy atom. The minimum Gasteiger partial charge on any atom is -0.502 e. The van der Waals surface area contributed by atoms with Gasteiger partial charge >= 0.3 is 0 Å². The van der Waals surface area contributed by atoms with Gasteiger partial charge in [0.15, 0.2) is 0 Å². The van der Waals surface area contributed by atoms with Crippen molar-refractivity contribution in [2.75, 3.05) is 7.11 Å². The summed E-state index contributed by atoms with van der Waals surface area (Å²) in [6, 6.07) is 0. The van der Waals surface area contributed by atoms with Gasteiger partial charge in [-0.2, -0.15) is 0 Å². The second-order valence-corrected chi connectivity index (χ2v) is 7.22. The van der Waals surface area contributed by atoms with Crippen LogP contribution in [0.25, 0.3) is 0 Å². The summed E-state index contributed by atoms with van der Waals surface area (Å²) in [5.74, 6) is 3.60. The highest BCUT2D eigenvalue weighted by molar-refractivity contribution is 4.81. The van der Waals surface area contributed by atoms with Crippen molar-refractivity contribution >= 4 is 0 Å². The summed E-state index contributed by atoms with van der Waals surface area (Å²) in [5, 5.41) is 0. The normalized spacial score (nSPS) is 15.5. The number of hydrogen-bond donors (Lipinski definition) is 0. The third-order valence-corrected chi connectivity index (χ3v) is 4.93. The van der Waals surface area contributed by atoms with Crippen molar-refractivity contribution in [3.63, 3.8) is 0 Å². The molecule has 21 heavy (non-hydrogen) atoms. The number of methoxy groups -OCH3 is 1. The molecule has 3 unspecified atom stereocenters. The van der Waals surface area contributed by atoms with Crippen molar-refractivity contribution in [3.8, 4) is 0 Å². The van der Waals surface area contributed by atoms with Crippen molar-refractivity contribution in [1.29, 1.82) is 0 Å². The molecule has 126 valence electrons. The molecule has 0 bridgehead atoms. The predicted octanol–water partition coefficient (Wildman–Crippen LogP) is 6.98. The van der Waals surface area contributed by atoms with Crippen LogP contribution in [0.3, 0.4) is 0 Å². The first-order valence-electron chi connectivity index (χ1n) is 9.21. The molecule has 0 saturated carbocycles. The Balaban J connectivity index is 3.48. The van der Waals surface area contributed by atoms with Crippen molar-refractivity contribution in [3.05, 3.63) is 12.3 Å². The van der Waals surface area contributed by atoms with E-state index in [4.69, 9.17) is 4.74 Å². The molecule has 0 aromatic rings. The summed E-state index contributed by atoms with van der Waals surface area (Å²) in [5.41, 5.74) is 0. The summed E-state index contributed by atoms with van der Waals surface area (Å²) in [4.78, 5) is 0. The third kappa shape index (κ3) is 13.0. The van der Waals surface area contributed by atoms with Crippen LogP contribution in [0.1, 0.15) is 91.9 Å². The average molecular weight is 297 g/mol. The minimum absolute atomic E-state index is 0.849. The zero-order chi connectivity index (χ0) is 16.1. The van der Waals surface area contributed by atoms with Gasteiger partial charge in [-0.15, -0.1) is 0 Å². The lowest BCUT2D eigenvalue weighted by Gasteiger charge is -2.15. The van der Waals surface area contributed by atoms with E-state index in [0.717, 1.165) is 29.9 Å². The van der Waals surface area contributed by atoms with Gasteiger partial charge in [-0.1, -0.05) is 85.6 Å². The van der Waals surface area contributed by atoms with Crippen LogP contribution in [-0.2, 0) is 4.74 Å². The van der Waals surface area contributed by atoms with E-state index >= 15 is 0 Å². The van der Waals surface area contributed by atoms with E-state index < -0.39 is 0 Å². The molecule has 0 radical (unpaired) electrons. The van der Waals surface area contributed by atoms with Gasteiger partial charge in [0.05, 0.1) is 12.9 Å². The smallest absolute Gasteiger partial charge is 0.0883 e. The number of allylic oxidation sites excluding steroid dienone is 1. The van der Waals surface area contributed by atoms with Crippen LogP contribution in [0.2, 0.25) is 0 Å². The molecule has 0 amide bonds. The van der Waals surface area contributed by atoms with E-state index in [2.05, 4.69) is 34.3 Å². The van der Waals surface area contributed by atoms with E-state index in [9.17, 15) is 0 Å². The molecule has 0 aliphatic carbocycles. The van der Waals surface area contributed by atoms with Gasteiger partial charge < -0.3 is 4.74 Å². The first-order chi connectivity index (χ1) is 9.99. The summed E-state index contributed by atoms with van der Waals surface area (Å²) in [6.45, 7) is 13.4. The molecule has 0 aromatic carbocycles.